The molecule has 0 amide bonds. The summed E-state index contributed by atoms with van der Waals surface area (Å²) in [6.07, 6.45) is 0. The van der Waals surface area contributed by atoms with Crippen molar-refractivity contribution in [2.75, 3.05) is 0 Å². The molecule has 6 heteroatoms. The van der Waals surface area contributed by atoms with Gasteiger partial charge in [-0.3, -0.25) is 0 Å². The van der Waals surface area contributed by atoms with Gasteiger partial charge in [0.25, 0.3) is 0 Å². The number of hydrogen-bond acceptors (Lipinski definition) is 4. The Morgan fingerprint density at radius 2 is 1.84 bits per heavy atom. The molecule has 19 heavy (non-hydrogen) atoms. The van der Waals surface area contributed by atoms with Crippen molar-refractivity contribution in [1.29, 1.82) is 0 Å². The summed E-state index contributed by atoms with van der Waals surface area (Å²) in [6.45, 7) is 3.41. The van der Waals surface area contributed by atoms with Crippen LogP contribution in [0.15, 0.2) is 34.2 Å². The first-order chi connectivity index (χ1) is 8.99. The second-order valence-electron chi connectivity index (χ2n) is 3.95. The molecule has 1 N–H and O–H groups in total. The molecule has 0 aliphatic carbocycles. The van der Waals surface area contributed by atoms with E-state index in [0.717, 1.165) is 11.8 Å². The lowest BCUT2D eigenvalue weighted by Gasteiger charge is -2.08. The second kappa shape index (κ2) is 5.36. The molecule has 4 nitrogen and oxygen atoms in total. The van der Waals surface area contributed by atoms with Crippen molar-refractivity contribution in [3.8, 4) is 0 Å². The summed E-state index contributed by atoms with van der Waals surface area (Å²) >= 11 is 1.15. The van der Waals surface area contributed by atoms with E-state index in [1.54, 1.807) is 26.0 Å². The van der Waals surface area contributed by atoms with Crippen molar-refractivity contribution in [3.63, 3.8) is 0 Å². The Labute approximate surface area is 113 Å². The molecule has 0 saturated carbocycles. The van der Waals surface area contributed by atoms with Gasteiger partial charge >= 0.3 is 5.97 Å². The fraction of sp³-hybridized carbons (Fsp3) is 0.154. The molecule has 0 aliphatic rings. The minimum Gasteiger partial charge on any atom is -0.478 e. The summed E-state index contributed by atoms with van der Waals surface area (Å²) < 4.78 is 12.8. The number of aromatic carboxylic acids is 1. The Bertz CT molecular complexity index is 629. The van der Waals surface area contributed by atoms with Crippen molar-refractivity contribution in [2.45, 2.75) is 23.8 Å². The number of carbonyl (C=O) groups is 1. The maximum atomic E-state index is 12.8. The standard InChI is InChI=1S/C13H11FN2O2S/c1-7-8(2)15-16-12(11(7)13(17)18)19-10-5-3-9(14)4-6-10/h3-6H,1-2H3,(H,17,18). The molecular weight excluding hydrogens is 267 g/mol. The Hall–Kier alpha value is -1.95. The average molecular weight is 278 g/mol. The molecule has 1 aromatic carbocycles. The Balaban J connectivity index is 2.42. The highest BCUT2D eigenvalue weighted by Crippen LogP contribution is 2.30. The van der Waals surface area contributed by atoms with E-state index < -0.39 is 5.97 Å². The molecule has 2 rings (SSSR count). The number of carboxylic acids is 1. The van der Waals surface area contributed by atoms with E-state index in [-0.39, 0.29) is 11.4 Å². The lowest BCUT2D eigenvalue weighted by Crippen LogP contribution is -2.07. The molecule has 0 saturated heterocycles. The highest BCUT2D eigenvalue weighted by molar-refractivity contribution is 7.99. The van der Waals surface area contributed by atoms with Gasteiger partial charge in [0.05, 0.1) is 11.3 Å². The van der Waals surface area contributed by atoms with Crippen LogP contribution in [0, 0.1) is 19.7 Å². The van der Waals surface area contributed by atoms with Crippen molar-refractivity contribution in [2.24, 2.45) is 0 Å². The van der Waals surface area contributed by atoms with E-state index in [1.165, 1.54) is 12.1 Å². The first-order valence-corrected chi connectivity index (χ1v) is 6.31. The first-order valence-electron chi connectivity index (χ1n) is 5.49. The third-order valence-corrected chi connectivity index (χ3v) is 3.65. The van der Waals surface area contributed by atoms with Gasteiger partial charge in [-0.15, -0.1) is 5.10 Å². The molecule has 0 fully saturated rings. The molecule has 0 spiro atoms. The Kier molecular flexibility index (Phi) is 3.80. The zero-order valence-electron chi connectivity index (χ0n) is 10.3. The number of nitrogens with zero attached hydrogens (tertiary/aromatic N) is 2. The number of benzene rings is 1. The van der Waals surface area contributed by atoms with E-state index in [0.29, 0.717) is 21.2 Å². The molecule has 1 heterocycles. The predicted molar refractivity (Wildman–Crippen MR) is 69.0 cm³/mol. The molecule has 98 valence electrons. The third kappa shape index (κ3) is 2.90. The number of rotatable bonds is 3. The summed E-state index contributed by atoms with van der Waals surface area (Å²) in [4.78, 5) is 12.0. The molecule has 0 atom stereocenters. The van der Waals surface area contributed by atoms with Crippen LogP contribution < -0.4 is 0 Å². The van der Waals surface area contributed by atoms with Crippen molar-refractivity contribution >= 4 is 17.7 Å². The van der Waals surface area contributed by atoms with Gasteiger partial charge in [0.15, 0.2) is 0 Å². The smallest absolute Gasteiger partial charge is 0.338 e. The summed E-state index contributed by atoms with van der Waals surface area (Å²) in [5.74, 6) is -1.38. The predicted octanol–water partition coefficient (Wildman–Crippen LogP) is 3.08. The summed E-state index contributed by atoms with van der Waals surface area (Å²) in [6, 6.07) is 5.78. The van der Waals surface area contributed by atoms with Gasteiger partial charge in [0.2, 0.25) is 0 Å². The fourth-order valence-electron chi connectivity index (χ4n) is 1.52. The van der Waals surface area contributed by atoms with E-state index in [1.807, 2.05) is 0 Å². The number of hydrogen-bond donors (Lipinski definition) is 1. The van der Waals surface area contributed by atoms with Gasteiger partial charge in [0.1, 0.15) is 10.8 Å². The van der Waals surface area contributed by atoms with Crippen molar-refractivity contribution in [1.82, 2.24) is 10.2 Å². The van der Waals surface area contributed by atoms with Gasteiger partial charge in [-0.05, 0) is 43.7 Å². The van der Waals surface area contributed by atoms with Crippen LogP contribution >= 0.6 is 11.8 Å². The topological polar surface area (TPSA) is 63.1 Å². The maximum Gasteiger partial charge on any atom is 0.338 e. The van der Waals surface area contributed by atoms with Crippen LogP contribution in [-0.4, -0.2) is 21.3 Å². The molecule has 1 aromatic heterocycles. The van der Waals surface area contributed by atoms with Crippen LogP contribution in [0.3, 0.4) is 0 Å². The first kappa shape index (κ1) is 13.5. The summed E-state index contributed by atoms with van der Waals surface area (Å²) in [5.41, 5.74) is 1.31. The molecular formula is C13H11FN2O2S. The molecule has 0 aliphatic heterocycles. The zero-order valence-corrected chi connectivity index (χ0v) is 11.2. The van der Waals surface area contributed by atoms with Crippen LogP contribution in [0.4, 0.5) is 4.39 Å². The number of aromatic nitrogens is 2. The summed E-state index contributed by atoms with van der Waals surface area (Å²) in [5, 5.41) is 17.4. The highest BCUT2D eigenvalue weighted by atomic mass is 32.2. The Morgan fingerprint density at radius 3 is 2.42 bits per heavy atom. The molecule has 2 aromatic rings. The fourth-order valence-corrected chi connectivity index (χ4v) is 2.44. The van der Waals surface area contributed by atoms with Crippen LogP contribution in [0.25, 0.3) is 0 Å². The van der Waals surface area contributed by atoms with Crippen molar-refractivity contribution < 1.29 is 14.3 Å². The Morgan fingerprint density at radius 1 is 1.21 bits per heavy atom. The monoisotopic (exact) mass is 278 g/mol. The van der Waals surface area contributed by atoms with Crippen LogP contribution in [0.2, 0.25) is 0 Å². The van der Waals surface area contributed by atoms with E-state index in [9.17, 15) is 14.3 Å². The summed E-state index contributed by atoms with van der Waals surface area (Å²) in [7, 11) is 0. The van der Waals surface area contributed by atoms with Gasteiger partial charge < -0.3 is 5.11 Å². The van der Waals surface area contributed by atoms with Gasteiger partial charge in [-0.2, -0.15) is 5.10 Å². The molecule has 0 unspecified atom stereocenters. The minimum atomic E-state index is -1.04. The SMILES string of the molecule is Cc1nnc(Sc2ccc(F)cc2)c(C(=O)O)c1C. The van der Waals surface area contributed by atoms with Crippen LogP contribution in [0.1, 0.15) is 21.6 Å². The zero-order chi connectivity index (χ0) is 14.0. The number of halogens is 1. The lowest BCUT2D eigenvalue weighted by molar-refractivity contribution is 0.0690. The number of aryl methyl sites for hydroxylation is 1. The van der Waals surface area contributed by atoms with Gasteiger partial charge in [-0.1, -0.05) is 11.8 Å². The van der Waals surface area contributed by atoms with Gasteiger partial charge in [0, 0.05) is 4.90 Å². The van der Waals surface area contributed by atoms with Crippen LogP contribution in [-0.2, 0) is 0 Å². The van der Waals surface area contributed by atoms with Crippen LogP contribution in [0.5, 0.6) is 0 Å². The molecule has 0 radical (unpaired) electrons. The maximum absolute atomic E-state index is 12.8. The second-order valence-corrected chi connectivity index (χ2v) is 5.01. The normalized spacial score (nSPS) is 10.5. The number of carboxylic acid groups (broad SMARTS) is 1. The average Bonchev–Trinajstić information content (AvgIpc) is 2.36. The van der Waals surface area contributed by atoms with E-state index in [2.05, 4.69) is 10.2 Å². The third-order valence-electron chi connectivity index (χ3n) is 2.66. The van der Waals surface area contributed by atoms with E-state index >= 15 is 0 Å². The van der Waals surface area contributed by atoms with Gasteiger partial charge in [-0.25, -0.2) is 9.18 Å². The highest BCUT2D eigenvalue weighted by Gasteiger charge is 2.18. The lowest BCUT2D eigenvalue weighted by atomic mass is 10.1. The quantitative estimate of drug-likeness (QED) is 0.934. The van der Waals surface area contributed by atoms with E-state index in [4.69, 9.17) is 0 Å². The van der Waals surface area contributed by atoms with Crippen molar-refractivity contribution in [3.05, 3.63) is 46.9 Å². The largest absolute Gasteiger partial charge is 0.478 e. The molecule has 0 bridgehead atoms. The minimum absolute atomic E-state index is 0.141.